The number of hydrogen-bond acceptors (Lipinski definition) is 2. The van der Waals surface area contributed by atoms with Crippen LogP contribution in [0, 0.1) is 12.8 Å². The molecule has 1 fully saturated rings. The van der Waals surface area contributed by atoms with Crippen molar-refractivity contribution in [2.24, 2.45) is 5.92 Å². The molecule has 0 bridgehead atoms. The minimum Gasteiger partial charge on any atom is -0.339 e. The SMILES string of the molecule is Cc1ccsc1/C=C/C(=O)N1CCC(Cc2ccccc2)CC1. The van der Waals surface area contributed by atoms with Crippen LogP contribution in [0.15, 0.2) is 47.9 Å². The van der Waals surface area contributed by atoms with Gasteiger partial charge in [0, 0.05) is 24.0 Å². The molecular weight excluding hydrogens is 302 g/mol. The Morgan fingerprint density at radius 2 is 1.96 bits per heavy atom. The summed E-state index contributed by atoms with van der Waals surface area (Å²) in [5.74, 6) is 0.848. The molecule has 0 spiro atoms. The lowest BCUT2D eigenvalue weighted by Crippen LogP contribution is -2.37. The molecule has 3 heteroatoms. The summed E-state index contributed by atoms with van der Waals surface area (Å²) < 4.78 is 0. The summed E-state index contributed by atoms with van der Waals surface area (Å²) in [5.41, 5.74) is 2.64. The van der Waals surface area contributed by atoms with Gasteiger partial charge in [0.15, 0.2) is 0 Å². The summed E-state index contributed by atoms with van der Waals surface area (Å²) in [5, 5.41) is 2.06. The van der Waals surface area contributed by atoms with Gasteiger partial charge in [-0.2, -0.15) is 0 Å². The molecule has 2 aromatic rings. The molecule has 0 saturated carbocycles. The summed E-state index contributed by atoms with van der Waals surface area (Å²) in [6.45, 7) is 3.84. The second-order valence-electron chi connectivity index (χ2n) is 6.26. The highest BCUT2D eigenvalue weighted by Gasteiger charge is 2.21. The minimum atomic E-state index is 0.149. The topological polar surface area (TPSA) is 20.3 Å². The van der Waals surface area contributed by atoms with Crippen LogP contribution in [0.1, 0.15) is 28.8 Å². The van der Waals surface area contributed by atoms with E-state index in [0.29, 0.717) is 5.92 Å². The Labute approximate surface area is 142 Å². The fourth-order valence-electron chi connectivity index (χ4n) is 3.11. The number of benzene rings is 1. The zero-order valence-electron chi connectivity index (χ0n) is 13.6. The van der Waals surface area contributed by atoms with Crippen molar-refractivity contribution in [2.75, 3.05) is 13.1 Å². The van der Waals surface area contributed by atoms with E-state index in [1.807, 2.05) is 11.0 Å². The van der Waals surface area contributed by atoms with Crippen LogP contribution in [0.25, 0.3) is 6.08 Å². The quantitative estimate of drug-likeness (QED) is 0.755. The normalized spacial score (nSPS) is 16.1. The monoisotopic (exact) mass is 325 g/mol. The number of carbonyl (C=O) groups is 1. The van der Waals surface area contributed by atoms with Crippen LogP contribution in [-0.2, 0) is 11.2 Å². The first-order valence-electron chi connectivity index (χ1n) is 8.27. The van der Waals surface area contributed by atoms with E-state index in [0.717, 1.165) is 32.4 Å². The number of thiophene rings is 1. The molecule has 0 radical (unpaired) electrons. The van der Waals surface area contributed by atoms with Crippen LogP contribution in [0.5, 0.6) is 0 Å². The summed E-state index contributed by atoms with van der Waals surface area (Å²) in [4.78, 5) is 15.5. The van der Waals surface area contributed by atoms with E-state index in [1.165, 1.54) is 16.0 Å². The molecule has 120 valence electrons. The Bertz CT molecular complexity index is 666. The van der Waals surface area contributed by atoms with Gasteiger partial charge in [0.05, 0.1) is 0 Å². The summed E-state index contributed by atoms with van der Waals surface area (Å²) in [7, 11) is 0. The highest BCUT2D eigenvalue weighted by atomic mass is 32.1. The lowest BCUT2D eigenvalue weighted by atomic mass is 9.90. The van der Waals surface area contributed by atoms with Gasteiger partial charge in [-0.25, -0.2) is 0 Å². The molecule has 0 unspecified atom stereocenters. The Balaban J connectivity index is 1.49. The maximum Gasteiger partial charge on any atom is 0.246 e. The van der Waals surface area contributed by atoms with Crippen LogP contribution < -0.4 is 0 Å². The molecule has 1 aliphatic rings. The zero-order chi connectivity index (χ0) is 16.1. The molecule has 2 nitrogen and oxygen atoms in total. The number of likely N-dealkylation sites (tertiary alicyclic amines) is 1. The maximum absolute atomic E-state index is 12.3. The number of nitrogens with zero attached hydrogens (tertiary/aromatic N) is 1. The van der Waals surface area contributed by atoms with Crippen molar-refractivity contribution < 1.29 is 4.79 Å². The number of carbonyl (C=O) groups excluding carboxylic acids is 1. The van der Waals surface area contributed by atoms with Gasteiger partial charge in [0.2, 0.25) is 5.91 Å². The van der Waals surface area contributed by atoms with Gasteiger partial charge in [0.1, 0.15) is 0 Å². The molecule has 0 aliphatic carbocycles. The van der Waals surface area contributed by atoms with Crippen molar-refractivity contribution in [2.45, 2.75) is 26.2 Å². The highest BCUT2D eigenvalue weighted by molar-refractivity contribution is 7.11. The second kappa shape index (κ2) is 7.60. The molecule has 23 heavy (non-hydrogen) atoms. The number of rotatable bonds is 4. The Morgan fingerprint density at radius 1 is 1.22 bits per heavy atom. The molecule has 2 heterocycles. The first kappa shape index (κ1) is 16.0. The van der Waals surface area contributed by atoms with Crippen molar-refractivity contribution in [1.82, 2.24) is 4.90 Å². The van der Waals surface area contributed by atoms with E-state index in [1.54, 1.807) is 17.4 Å². The Kier molecular flexibility index (Phi) is 5.29. The van der Waals surface area contributed by atoms with E-state index in [-0.39, 0.29) is 5.91 Å². The number of hydrogen-bond donors (Lipinski definition) is 0. The van der Waals surface area contributed by atoms with Crippen molar-refractivity contribution in [3.05, 3.63) is 63.9 Å². The zero-order valence-corrected chi connectivity index (χ0v) is 14.4. The van der Waals surface area contributed by atoms with Gasteiger partial charge in [-0.15, -0.1) is 11.3 Å². The lowest BCUT2D eigenvalue weighted by Gasteiger charge is -2.31. The molecular formula is C20H23NOS. The Hall–Kier alpha value is -1.87. The van der Waals surface area contributed by atoms with Gasteiger partial charge in [-0.1, -0.05) is 30.3 Å². The van der Waals surface area contributed by atoms with E-state index >= 15 is 0 Å². The minimum absolute atomic E-state index is 0.149. The Morgan fingerprint density at radius 3 is 2.61 bits per heavy atom. The van der Waals surface area contributed by atoms with Gasteiger partial charge in [0.25, 0.3) is 0 Å². The van der Waals surface area contributed by atoms with Crippen molar-refractivity contribution >= 4 is 23.3 Å². The van der Waals surface area contributed by atoms with E-state index in [9.17, 15) is 4.79 Å². The molecule has 1 aromatic carbocycles. The molecule has 1 aromatic heterocycles. The van der Waals surface area contributed by atoms with Gasteiger partial charge in [-0.05, 0) is 60.8 Å². The van der Waals surface area contributed by atoms with Gasteiger partial charge >= 0.3 is 0 Å². The third kappa shape index (κ3) is 4.32. The molecule has 1 aliphatic heterocycles. The predicted octanol–water partition coefficient (Wildman–Crippen LogP) is 4.55. The predicted molar refractivity (Wildman–Crippen MR) is 97.5 cm³/mol. The van der Waals surface area contributed by atoms with Crippen molar-refractivity contribution in [1.29, 1.82) is 0 Å². The fraction of sp³-hybridized carbons (Fsp3) is 0.350. The first-order chi connectivity index (χ1) is 11.2. The average molecular weight is 325 g/mol. The number of amides is 1. The highest BCUT2D eigenvalue weighted by Crippen LogP contribution is 2.22. The molecule has 1 saturated heterocycles. The number of aryl methyl sites for hydroxylation is 1. The van der Waals surface area contributed by atoms with Crippen LogP contribution in [-0.4, -0.2) is 23.9 Å². The van der Waals surface area contributed by atoms with Crippen molar-refractivity contribution in [3.63, 3.8) is 0 Å². The third-order valence-electron chi connectivity index (χ3n) is 4.57. The second-order valence-corrected chi connectivity index (χ2v) is 7.21. The fourth-order valence-corrected chi connectivity index (χ4v) is 3.93. The van der Waals surface area contributed by atoms with Crippen LogP contribution in [0.3, 0.4) is 0 Å². The standard InChI is InChI=1S/C20H23NOS/c1-16-11-14-23-19(16)7-8-20(22)21-12-9-18(10-13-21)15-17-5-3-2-4-6-17/h2-8,11,14,18H,9-10,12-13,15H2,1H3/b8-7+. The maximum atomic E-state index is 12.3. The average Bonchev–Trinajstić information content (AvgIpc) is 2.99. The van der Waals surface area contributed by atoms with Gasteiger partial charge < -0.3 is 4.90 Å². The number of piperidine rings is 1. The summed E-state index contributed by atoms with van der Waals surface area (Å²) in [6, 6.07) is 12.8. The summed E-state index contributed by atoms with van der Waals surface area (Å²) in [6.07, 6.45) is 7.03. The first-order valence-corrected chi connectivity index (χ1v) is 9.15. The van der Waals surface area contributed by atoms with Crippen molar-refractivity contribution in [3.8, 4) is 0 Å². The smallest absolute Gasteiger partial charge is 0.246 e. The lowest BCUT2D eigenvalue weighted by molar-refractivity contribution is -0.127. The molecule has 3 rings (SSSR count). The molecule has 0 N–H and O–H groups in total. The summed E-state index contributed by atoms with van der Waals surface area (Å²) >= 11 is 1.68. The molecule has 1 amide bonds. The van der Waals surface area contributed by atoms with Crippen LogP contribution in [0.4, 0.5) is 0 Å². The van der Waals surface area contributed by atoms with E-state index in [4.69, 9.17) is 0 Å². The largest absolute Gasteiger partial charge is 0.339 e. The van der Waals surface area contributed by atoms with Crippen LogP contribution >= 0.6 is 11.3 Å². The molecule has 0 atom stereocenters. The van der Waals surface area contributed by atoms with E-state index in [2.05, 4.69) is 48.7 Å². The van der Waals surface area contributed by atoms with Crippen LogP contribution in [0.2, 0.25) is 0 Å². The van der Waals surface area contributed by atoms with E-state index < -0.39 is 0 Å². The van der Waals surface area contributed by atoms with Gasteiger partial charge in [-0.3, -0.25) is 4.79 Å². The third-order valence-corrected chi connectivity index (χ3v) is 5.56.